The van der Waals surface area contributed by atoms with E-state index in [0.29, 0.717) is 18.4 Å². The number of aryl methyl sites for hydroxylation is 3. The molecule has 4 heterocycles. The van der Waals surface area contributed by atoms with Gasteiger partial charge in [0.15, 0.2) is 0 Å². The van der Waals surface area contributed by atoms with Crippen molar-refractivity contribution in [2.45, 2.75) is 84.1 Å². The fourth-order valence-corrected chi connectivity index (χ4v) is 10.4. The van der Waals surface area contributed by atoms with Gasteiger partial charge in [-0.3, -0.25) is 9.97 Å². The van der Waals surface area contributed by atoms with E-state index in [-0.39, 0.29) is 20.1 Å². The summed E-state index contributed by atoms with van der Waals surface area (Å²) in [5.41, 5.74) is 16.5. The molecule has 1 radical (unpaired) electrons. The normalized spacial score (nSPS) is 11.7. The Balaban J connectivity index is 0.000000262. The molecule has 5 aromatic carbocycles. The van der Waals surface area contributed by atoms with Gasteiger partial charge in [-0.25, -0.2) is 0 Å². The van der Waals surface area contributed by atoms with Crippen LogP contribution in [0.15, 0.2) is 126 Å². The number of pyridine rings is 2. The van der Waals surface area contributed by atoms with Crippen molar-refractivity contribution in [3.8, 4) is 33.8 Å². The van der Waals surface area contributed by atoms with Gasteiger partial charge in [0.2, 0.25) is 0 Å². The fraction of sp³-hybridized carbons (Fsp3) is 0.241. The molecule has 0 saturated carbocycles. The molecule has 0 N–H and O–H groups in total. The van der Waals surface area contributed by atoms with Gasteiger partial charge in [-0.15, -0.1) is 18.2 Å². The zero-order valence-corrected chi connectivity index (χ0v) is 41.4. The Morgan fingerprint density at radius 1 is 0.738 bits per heavy atom. The maximum Gasteiger partial charge on any atom is 0.124 e. The number of furan rings is 1. The summed E-state index contributed by atoms with van der Waals surface area (Å²) in [6.45, 7) is 16.0. The molecule has 0 spiro atoms. The molecule has 0 unspecified atom stereocenters. The van der Waals surface area contributed by atoms with Gasteiger partial charge < -0.3 is 8.98 Å². The first kappa shape index (κ1) is 43.9. The number of imidazole rings is 1. The molecule has 0 atom stereocenters. The predicted octanol–water partition coefficient (Wildman–Crippen LogP) is 13.8. The van der Waals surface area contributed by atoms with E-state index in [4.69, 9.17) is 14.4 Å². The third-order valence-corrected chi connectivity index (χ3v) is 15.7. The van der Waals surface area contributed by atoms with Crippen molar-refractivity contribution in [3.63, 3.8) is 0 Å². The topological polar surface area (TPSA) is 56.7 Å². The van der Waals surface area contributed by atoms with E-state index in [2.05, 4.69) is 178 Å². The van der Waals surface area contributed by atoms with E-state index >= 15 is 0 Å². The summed E-state index contributed by atoms with van der Waals surface area (Å²) in [6.07, 6.45) is 2.04. The summed E-state index contributed by atoms with van der Waals surface area (Å²) in [6, 6.07) is 47.3. The Hall–Kier alpha value is -5.14. The third-order valence-electron chi connectivity index (χ3n) is 11.5. The zero-order valence-electron chi connectivity index (χ0n) is 36.9. The van der Waals surface area contributed by atoms with E-state index in [1.165, 1.54) is 37.8 Å². The van der Waals surface area contributed by atoms with Crippen LogP contribution < -0.4 is 4.40 Å². The molecule has 0 aliphatic carbocycles. The number of aromatic nitrogens is 4. The van der Waals surface area contributed by atoms with Crippen LogP contribution in [0.5, 0.6) is 0 Å². The molecule has 5 nitrogen and oxygen atoms in total. The quantitative estimate of drug-likeness (QED) is 0.112. The largest absolute Gasteiger partial charge is 0.500 e. The van der Waals surface area contributed by atoms with Crippen LogP contribution in [0.4, 0.5) is 0 Å². The molecule has 61 heavy (non-hydrogen) atoms. The van der Waals surface area contributed by atoms with Crippen LogP contribution in [0.3, 0.4) is 0 Å². The van der Waals surface area contributed by atoms with Crippen molar-refractivity contribution < 1.29 is 24.5 Å². The molecule has 0 aliphatic heterocycles. The molecule has 0 bridgehead atoms. The van der Waals surface area contributed by atoms with Crippen molar-refractivity contribution in [3.05, 3.63) is 167 Å². The molecule has 0 saturated heterocycles. The van der Waals surface area contributed by atoms with Gasteiger partial charge in [0.1, 0.15) is 5.58 Å². The Labute approximate surface area is 377 Å². The van der Waals surface area contributed by atoms with Crippen LogP contribution in [-0.2, 0) is 26.7 Å². The Morgan fingerprint density at radius 2 is 1.44 bits per heavy atom. The monoisotopic (exact) mass is 1040 g/mol. The van der Waals surface area contributed by atoms with Crippen LogP contribution in [0, 0.1) is 32.9 Å². The fourth-order valence-electron chi connectivity index (χ4n) is 8.24. The van der Waals surface area contributed by atoms with Crippen LogP contribution in [-0.4, -0.2) is 32.8 Å². The molecular formula is C54H54GeIrN4O-2. The second kappa shape index (κ2) is 18.1. The third kappa shape index (κ3) is 9.09. The number of rotatable bonds is 8. The van der Waals surface area contributed by atoms with Gasteiger partial charge in [0, 0.05) is 49.5 Å². The standard InChI is InChI=1S/C39H36N3O.C15H18GeN.Ir/c1-23(2)31-20-28(27-13-8-7-9-14-27)21-32(24(3)4)33(31)22-42-35-18-11-10-17-34(35)41-39(42)30-16-12-15-29-37-26(6)40-25(5)19-36(37)43-38(29)30;1-12-5-7-13(8-6-12)15-10-9-14(11-17-15)16(2,3)4;/h7-15,17-21,23-24H,22H2,1-6H3;5-7,9-11H,1-4H3;/q2*-1;. The molecule has 0 fully saturated rings. The van der Waals surface area contributed by atoms with Gasteiger partial charge in [0.25, 0.3) is 0 Å². The van der Waals surface area contributed by atoms with Crippen molar-refractivity contribution >= 4 is 50.6 Å². The minimum absolute atomic E-state index is 0. The number of benzene rings is 5. The summed E-state index contributed by atoms with van der Waals surface area (Å²) >= 11 is -1.73. The zero-order chi connectivity index (χ0) is 42.3. The van der Waals surface area contributed by atoms with Crippen LogP contribution in [0.1, 0.15) is 73.2 Å². The second-order valence-electron chi connectivity index (χ2n) is 17.7. The molecule has 9 rings (SSSR count). The van der Waals surface area contributed by atoms with Crippen LogP contribution in [0.2, 0.25) is 17.3 Å². The summed E-state index contributed by atoms with van der Waals surface area (Å²) in [7, 11) is 0. The number of nitrogens with zero attached hydrogens (tertiary/aromatic N) is 4. The molecule has 7 heteroatoms. The van der Waals surface area contributed by atoms with E-state index in [1.807, 2.05) is 31.3 Å². The minimum atomic E-state index is -1.73. The van der Waals surface area contributed by atoms with E-state index in [1.54, 1.807) is 0 Å². The molecular weight excluding hydrogens is 985 g/mol. The van der Waals surface area contributed by atoms with Crippen molar-refractivity contribution in [2.24, 2.45) is 0 Å². The first-order chi connectivity index (χ1) is 28.8. The average Bonchev–Trinajstić information content (AvgIpc) is 3.79. The smallest absolute Gasteiger partial charge is 0.124 e. The summed E-state index contributed by atoms with van der Waals surface area (Å²) in [5, 5.41) is 2.10. The van der Waals surface area contributed by atoms with E-state index < -0.39 is 13.3 Å². The van der Waals surface area contributed by atoms with Gasteiger partial charge >= 0.3 is 106 Å². The number of fused-ring (bicyclic) bond motifs is 4. The number of hydrogen-bond acceptors (Lipinski definition) is 4. The first-order valence-corrected chi connectivity index (χ1v) is 28.4. The van der Waals surface area contributed by atoms with Crippen LogP contribution >= 0.6 is 0 Å². The molecule has 0 aliphatic rings. The summed E-state index contributed by atoms with van der Waals surface area (Å²) < 4.78 is 10.4. The van der Waals surface area contributed by atoms with Gasteiger partial charge in [-0.2, -0.15) is 0 Å². The van der Waals surface area contributed by atoms with Gasteiger partial charge in [0.05, 0.1) is 22.4 Å². The summed E-state index contributed by atoms with van der Waals surface area (Å²) in [4.78, 5) is 14.5. The minimum Gasteiger partial charge on any atom is -0.500 e. The Bertz CT molecular complexity index is 2930. The maximum atomic E-state index is 6.56. The van der Waals surface area contributed by atoms with Gasteiger partial charge in [-0.1, -0.05) is 93.2 Å². The molecule has 9 aromatic rings. The summed E-state index contributed by atoms with van der Waals surface area (Å²) in [5.74, 6) is 8.74. The van der Waals surface area contributed by atoms with Crippen molar-refractivity contribution in [2.75, 3.05) is 0 Å². The average molecular weight is 1040 g/mol. The van der Waals surface area contributed by atoms with Crippen LogP contribution in [0.25, 0.3) is 66.7 Å². The predicted molar refractivity (Wildman–Crippen MR) is 254 cm³/mol. The van der Waals surface area contributed by atoms with Crippen molar-refractivity contribution in [1.29, 1.82) is 0 Å². The van der Waals surface area contributed by atoms with Gasteiger partial charge in [-0.05, 0) is 65.6 Å². The molecule has 311 valence electrons. The van der Waals surface area contributed by atoms with E-state index in [0.717, 1.165) is 67.0 Å². The maximum absolute atomic E-state index is 6.56. The second-order valence-corrected chi connectivity index (χ2v) is 28.4. The van der Waals surface area contributed by atoms with Crippen molar-refractivity contribution in [1.82, 2.24) is 19.5 Å². The number of hydrogen-bond donors (Lipinski definition) is 0. The molecule has 4 aromatic heterocycles. The molecule has 0 amide bonds. The first-order valence-electron chi connectivity index (χ1n) is 21.1. The van der Waals surface area contributed by atoms with E-state index in [9.17, 15) is 0 Å². The Kier molecular flexibility index (Phi) is 13.0. The number of para-hydroxylation sites is 2. The Morgan fingerprint density at radius 3 is 2.08 bits per heavy atom. The SMILES string of the molecule is Cc1c[c-]c(-c2cc[c]([Ge]([CH3])([CH3])[CH3])cn2)cc1.Cc1cc2oc3c(-c4nc5ccccc5n4Cc4c(C(C)C)cc(-c5ccccc5)cc4C(C)C)[c-]ccc3c2c(C)n1.[Ir].